The minimum atomic E-state index is -3.60. The number of rotatable bonds is 5. The molecule has 1 aliphatic heterocycles. The van der Waals surface area contributed by atoms with Crippen molar-refractivity contribution in [1.82, 2.24) is 4.72 Å². The molecule has 0 atom stereocenters. The molecule has 2 N–H and O–H groups in total. The summed E-state index contributed by atoms with van der Waals surface area (Å²) in [5.74, 6) is -0.217. The maximum atomic E-state index is 12.3. The molecule has 0 saturated carbocycles. The second-order valence-corrected chi connectivity index (χ2v) is 6.95. The Morgan fingerprint density at radius 2 is 2.10 bits per heavy atom. The molecule has 0 amide bonds. The summed E-state index contributed by atoms with van der Waals surface area (Å²) in [6.45, 7) is 0.591. The molecule has 114 valence electrons. The minimum absolute atomic E-state index is 0.217. The lowest BCUT2D eigenvalue weighted by Gasteiger charge is -2.35. The number of aliphatic hydroxyl groups is 1. The van der Waals surface area contributed by atoms with Crippen molar-refractivity contribution in [1.29, 1.82) is 5.26 Å². The predicted molar refractivity (Wildman–Crippen MR) is 76.8 cm³/mol. The highest BCUT2D eigenvalue weighted by atomic mass is 32.2. The number of aliphatic hydroxyl groups excluding tert-OH is 1. The fraction of sp³-hybridized carbons (Fsp3) is 0.500. The number of benzene rings is 1. The van der Waals surface area contributed by atoms with Crippen LogP contribution in [0, 0.1) is 11.3 Å². The molecule has 1 aromatic rings. The van der Waals surface area contributed by atoms with Gasteiger partial charge < -0.3 is 9.84 Å². The Morgan fingerprint density at radius 1 is 1.38 bits per heavy atom. The first-order chi connectivity index (χ1) is 9.99. The van der Waals surface area contributed by atoms with Gasteiger partial charge in [0.15, 0.2) is 0 Å². The number of sulfonamides is 1. The summed E-state index contributed by atoms with van der Waals surface area (Å²) in [5, 5.41) is 18.4. The van der Waals surface area contributed by atoms with Gasteiger partial charge in [0.1, 0.15) is 0 Å². The van der Waals surface area contributed by atoms with E-state index in [9.17, 15) is 13.5 Å². The predicted octanol–water partition coefficient (Wildman–Crippen LogP) is 0.519. The molecule has 1 saturated heterocycles. The molecule has 1 aliphatic rings. The quantitative estimate of drug-likeness (QED) is 0.826. The topological polar surface area (TPSA) is 99.4 Å². The van der Waals surface area contributed by atoms with E-state index in [2.05, 4.69) is 4.72 Å². The van der Waals surface area contributed by atoms with Crippen LogP contribution >= 0.6 is 0 Å². The third kappa shape index (κ3) is 4.25. The zero-order valence-electron chi connectivity index (χ0n) is 11.6. The molecule has 0 radical (unpaired) electrons. The summed E-state index contributed by atoms with van der Waals surface area (Å²) in [7, 11) is -3.60. The highest BCUT2D eigenvalue weighted by Gasteiger charge is 2.35. The fourth-order valence-electron chi connectivity index (χ4n) is 2.37. The van der Waals surface area contributed by atoms with Crippen LogP contribution in [0.1, 0.15) is 24.0 Å². The van der Waals surface area contributed by atoms with Crippen molar-refractivity contribution >= 4 is 10.0 Å². The van der Waals surface area contributed by atoms with Crippen molar-refractivity contribution in [2.75, 3.05) is 19.8 Å². The Kier molecular flexibility index (Phi) is 4.96. The number of nitriles is 1. The van der Waals surface area contributed by atoms with Crippen LogP contribution in [0.4, 0.5) is 0 Å². The third-order valence-corrected chi connectivity index (χ3v) is 4.99. The first-order valence-electron chi connectivity index (χ1n) is 6.68. The van der Waals surface area contributed by atoms with E-state index in [0.29, 0.717) is 37.2 Å². The minimum Gasteiger partial charge on any atom is -0.394 e. The fourth-order valence-corrected chi connectivity index (χ4v) is 3.99. The highest BCUT2D eigenvalue weighted by Crippen LogP contribution is 2.22. The van der Waals surface area contributed by atoms with Crippen molar-refractivity contribution in [2.45, 2.75) is 24.1 Å². The van der Waals surface area contributed by atoms with E-state index in [1.54, 1.807) is 24.3 Å². The molecule has 0 unspecified atom stereocenters. The molecule has 0 aliphatic carbocycles. The Balaban J connectivity index is 2.12. The van der Waals surface area contributed by atoms with Gasteiger partial charge in [-0.2, -0.15) is 5.26 Å². The van der Waals surface area contributed by atoms with Gasteiger partial charge in [-0.15, -0.1) is 0 Å². The average molecular weight is 310 g/mol. The molecule has 21 heavy (non-hydrogen) atoms. The van der Waals surface area contributed by atoms with E-state index in [4.69, 9.17) is 10.00 Å². The molecular weight excluding hydrogens is 292 g/mol. The largest absolute Gasteiger partial charge is 0.394 e. The van der Waals surface area contributed by atoms with Crippen molar-refractivity contribution in [3.63, 3.8) is 0 Å². The van der Waals surface area contributed by atoms with Crippen molar-refractivity contribution in [2.24, 2.45) is 0 Å². The van der Waals surface area contributed by atoms with Gasteiger partial charge in [-0.05, 0) is 30.5 Å². The van der Waals surface area contributed by atoms with Crippen LogP contribution in [0.3, 0.4) is 0 Å². The van der Waals surface area contributed by atoms with Crippen LogP contribution in [0.5, 0.6) is 0 Å². The summed E-state index contributed by atoms with van der Waals surface area (Å²) in [6.07, 6.45) is 0.891. The molecular formula is C14H18N2O4S. The first-order valence-corrected chi connectivity index (χ1v) is 8.33. The van der Waals surface area contributed by atoms with E-state index in [1.807, 2.05) is 6.07 Å². The van der Waals surface area contributed by atoms with Gasteiger partial charge >= 0.3 is 0 Å². The van der Waals surface area contributed by atoms with E-state index in [-0.39, 0.29) is 12.4 Å². The zero-order valence-corrected chi connectivity index (χ0v) is 12.4. The normalized spacial score (nSPS) is 18.1. The number of nitrogens with one attached hydrogen (secondary N) is 1. The van der Waals surface area contributed by atoms with E-state index < -0.39 is 15.6 Å². The summed E-state index contributed by atoms with van der Waals surface area (Å²) in [5.41, 5.74) is 0.122. The average Bonchev–Trinajstić information content (AvgIpc) is 2.47. The van der Waals surface area contributed by atoms with E-state index in [1.165, 1.54) is 0 Å². The van der Waals surface area contributed by atoms with Crippen molar-refractivity contribution < 1.29 is 18.3 Å². The van der Waals surface area contributed by atoms with Gasteiger partial charge in [-0.25, -0.2) is 13.1 Å². The van der Waals surface area contributed by atoms with Crippen molar-refractivity contribution in [3.05, 3.63) is 35.4 Å². The maximum absolute atomic E-state index is 12.3. The lowest BCUT2D eigenvalue weighted by atomic mass is 9.93. The van der Waals surface area contributed by atoms with Crippen LogP contribution in [0.2, 0.25) is 0 Å². The summed E-state index contributed by atoms with van der Waals surface area (Å²) in [4.78, 5) is 0. The smallest absolute Gasteiger partial charge is 0.216 e. The number of ether oxygens (including phenoxy) is 1. The molecule has 0 bridgehead atoms. The van der Waals surface area contributed by atoms with Crippen LogP contribution in [-0.4, -0.2) is 38.9 Å². The molecule has 1 aromatic carbocycles. The summed E-state index contributed by atoms with van der Waals surface area (Å²) >= 11 is 0. The lowest BCUT2D eigenvalue weighted by molar-refractivity contribution is 0.0222. The maximum Gasteiger partial charge on any atom is 0.216 e. The van der Waals surface area contributed by atoms with Crippen LogP contribution in [0.25, 0.3) is 0 Å². The van der Waals surface area contributed by atoms with Crippen LogP contribution in [-0.2, 0) is 20.5 Å². The second-order valence-electron chi connectivity index (χ2n) is 5.22. The standard InChI is InChI=1S/C14H18N2O4S/c15-9-12-2-1-3-13(8-12)10-21(18,19)16-14(11-17)4-6-20-7-5-14/h1-3,8,16-17H,4-7,10-11H2. The van der Waals surface area contributed by atoms with Gasteiger partial charge in [-0.3, -0.25) is 0 Å². The Labute approximate surface area is 124 Å². The number of hydrogen-bond acceptors (Lipinski definition) is 5. The van der Waals surface area contributed by atoms with Gasteiger partial charge in [0.05, 0.1) is 29.5 Å². The van der Waals surface area contributed by atoms with Gasteiger partial charge in [0.25, 0.3) is 0 Å². The first kappa shape index (κ1) is 15.9. The molecule has 6 nitrogen and oxygen atoms in total. The third-order valence-electron chi connectivity index (χ3n) is 3.54. The monoisotopic (exact) mass is 310 g/mol. The molecule has 2 rings (SSSR count). The molecule has 1 fully saturated rings. The number of nitrogens with zero attached hydrogens (tertiary/aromatic N) is 1. The molecule has 7 heteroatoms. The van der Waals surface area contributed by atoms with Gasteiger partial charge in [0, 0.05) is 13.2 Å². The zero-order chi connectivity index (χ0) is 15.3. The van der Waals surface area contributed by atoms with E-state index >= 15 is 0 Å². The second kappa shape index (κ2) is 6.54. The van der Waals surface area contributed by atoms with Crippen molar-refractivity contribution in [3.8, 4) is 6.07 Å². The highest BCUT2D eigenvalue weighted by molar-refractivity contribution is 7.88. The molecule has 1 heterocycles. The SMILES string of the molecule is N#Cc1cccc(CS(=O)(=O)NC2(CO)CCOCC2)c1. The Bertz CT molecular complexity index is 631. The summed E-state index contributed by atoms with van der Waals surface area (Å²) < 4.78 is 32.4. The number of hydrogen-bond donors (Lipinski definition) is 2. The molecule has 0 aromatic heterocycles. The van der Waals surface area contributed by atoms with Crippen LogP contribution < -0.4 is 4.72 Å². The Morgan fingerprint density at radius 3 is 2.71 bits per heavy atom. The van der Waals surface area contributed by atoms with Gasteiger partial charge in [0.2, 0.25) is 10.0 Å². The molecule has 0 spiro atoms. The van der Waals surface area contributed by atoms with Crippen LogP contribution in [0.15, 0.2) is 24.3 Å². The van der Waals surface area contributed by atoms with Gasteiger partial charge in [-0.1, -0.05) is 12.1 Å². The van der Waals surface area contributed by atoms with E-state index in [0.717, 1.165) is 0 Å². The lowest BCUT2D eigenvalue weighted by Crippen LogP contribution is -2.54. The Hall–Kier alpha value is -1.46. The summed E-state index contributed by atoms with van der Waals surface area (Å²) in [6, 6.07) is 8.47.